The number of benzene rings is 1. The van der Waals surface area contributed by atoms with Gasteiger partial charge in [0.15, 0.2) is 0 Å². The monoisotopic (exact) mass is 341 g/mol. The zero-order chi connectivity index (χ0) is 16.3. The molecule has 23 heavy (non-hydrogen) atoms. The average Bonchev–Trinajstić information content (AvgIpc) is 2.95. The predicted octanol–water partition coefficient (Wildman–Crippen LogP) is 2.88. The molecule has 1 unspecified atom stereocenters. The van der Waals surface area contributed by atoms with Crippen LogP contribution in [-0.4, -0.2) is 17.4 Å². The number of nitrogens with two attached hydrogens (primary N) is 1. The Labute approximate surface area is 142 Å². The van der Waals surface area contributed by atoms with Gasteiger partial charge in [-0.25, -0.2) is 0 Å². The molecule has 128 valence electrons. The van der Waals surface area contributed by atoms with E-state index in [2.05, 4.69) is 5.32 Å². The zero-order valence-electron chi connectivity index (χ0n) is 13.5. The second kappa shape index (κ2) is 8.26. The van der Waals surface area contributed by atoms with Gasteiger partial charge in [-0.15, -0.1) is 12.4 Å². The van der Waals surface area contributed by atoms with Gasteiger partial charge in [0, 0.05) is 17.5 Å². The van der Waals surface area contributed by atoms with Gasteiger partial charge in [-0.05, 0) is 44.7 Å². The van der Waals surface area contributed by atoms with Crippen molar-refractivity contribution in [3.8, 4) is 0 Å². The van der Waals surface area contributed by atoms with E-state index in [4.69, 9.17) is 5.73 Å². The third kappa shape index (κ3) is 4.42. The smallest absolute Gasteiger partial charge is 0.272 e. The van der Waals surface area contributed by atoms with Crippen molar-refractivity contribution in [1.82, 2.24) is 5.32 Å². The summed E-state index contributed by atoms with van der Waals surface area (Å²) in [6, 6.07) is 4.82. The summed E-state index contributed by atoms with van der Waals surface area (Å²) in [5, 5.41) is 14.0. The van der Waals surface area contributed by atoms with Crippen LogP contribution in [0.2, 0.25) is 0 Å². The topological polar surface area (TPSA) is 98.3 Å². The molecule has 0 saturated heterocycles. The maximum atomic E-state index is 12.4. The van der Waals surface area contributed by atoms with Crippen LogP contribution in [0.5, 0.6) is 0 Å². The summed E-state index contributed by atoms with van der Waals surface area (Å²) in [6.45, 7) is 4.08. The lowest BCUT2D eigenvalue weighted by molar-refractivity contribution is -0.385. The number of rotatable bonds is 5. The lowest BCUT2D eigenvalue weighted by Crippen LogP contribution is -2.36. The quantitative estimate of drug-likeness (QED) is 0.635. The van der Waals surface area contributed by atoms with E-state index < -0.39 is 4.92 Å². The molecule has 3 N–H and O–H groups in total. The Hall–Kier alpha value is -1.66. The van der Waals surface area contributed by atoms with Crippen molar-refractivity contribution in [3.05, 3.63) is 39.4 Å². The molecule has 0 spiro atoms. The number of hydrogen-bond acceptors (Lipinski definition) is 4. The summed E-state index contributed by atoms with van der Waals surface area (Å²) < 4.78 is 0. The van der Waals surface area contributed by atoms with Crippen molar-refractivity contribution in [2.24, 2.45) is 17.6 Å². The Morgan fingerprint density at radius 1 is 1.48 bits per heavy atom. The van der Waals surface area contributed by atoms with Gasteiger partial charge in [0.2, 0.25) is 5.91 Å². The van der Waals surface area contributed by atoms with Crippen LogP contribution in [0.1, 0.15) is 43.4 Å². The number of carbonyl (C=O) groups excluding carboxylic acids is 1. The Kier molecular flexibility index (Phi) is 6.97. The van der Waals surface area contributed by atoms with Gasteiger partial charge in [0.1, 0.15) is 0 Å². The predicted molar refractivity (Wildman–Crippen MR) is 91.5 cm³/mol. The van der Waals surface area contributed by atoms with Crippen LogP contribution < -0.4 is 11.1 Å². The van der Waals surface area contributed by atoms with Gasteiger partial charge in [0.05, 0.1) is 11.0 Å². The molecule has 0 bridgehead atoms. The maximum Gasteiger partial charge on any atom is 0.272 e. The average molecular weight is 342 g/mol. The van der Waals surface area contributed by atoms with Crippen LogP contribution in [0.3, 0.4) is 0 Å². The second-order valence-corrected chi connectivity index (χ2v) is 6.07. The normalized spacial score (nSPS) is 21.3. The number of nitrogens with one attached hydrogen (secondary N) is 1. The van der Waals surface area contributed by atoms with Crippen molar-refractivity contribution >= 4 is 24.0 Å². The van der Waals surface area contributed by atoms with E-state index in [0.29, 0.717) is 12.1 Å². The lowest BCUT2D eigenvalue weighted by Gasteiger charge is -2.21. The minimum atomic E-state index is -0.394. The SMILES string of the molecule is Cc1ccc(C(C)NC(=O)[C@@H]2CCC[C@@H]2CN)cc1[N+](=O)[O-].Cl. The highest BCUT2D eigenvalue weighted by Crippen LogP contribution is 2.32. The molecule has 1 aliphatic rings. The lowest BCUT2D eigenvalue weighted by atomic mass is 9.94. The summed E-state index contributed by atoms with van der Waals surface area (Å²) in [5.41, 5.74) is 7.16. The number of nitrogens with zero attached hydrogens (tertiary/aromatic N) is 1. The minimum absolute atomic E-state index is 0. The number of carbonyl (C=O) groups is 1. The van der Waals surface area contributed by atoms with E-state index in [0.717, 1.165) is 24.8 Å². The summed E-state index contributed by atoms with van der Waals surface area (Å²) in [5.74, 6) is 0.219. The molecule has 7 heteroatoms. The summed E-state index contributed by atoms with van der Waals surface area (Å²) >= 11 is 0. The second-order valence-electron chi connectivity index (χ2n) is 6.07. The van der Waals surface area contributed by atoms with Crippen LogP contribution in [-0.2, 0) is 4.79 Å². The van der Waals surface area contributed by atoms with Gasteiger partial charge >= 0.3 is 0 Å². The van der Waals surface area contributed by atoms with E-state index in [9.17, 15) is 14.9 Å². The minimum Gasteiger partial charge on any atom is -0.349 e. The summed E-state index contributed by atoms with van der Waals surface area (Å²) in [4.78, 5) is 23.0. The number of hydrogen-bond donors (Lipinski definition) is 2. The number of halogens is 1. The Bertz CT molecular complexity index is 580. The molecule has 1 fully saturated rings. The molecule has 3 atom stereocenters. The molecule has 6 nitrogen and oxygen atoms in total. The van der Waals surface area contributed by atoms with Crippen LogP contribution in [0.15, 0.2) is 18.2 Å². The van der Waals surface area contributed by atoms with E-state index >= 15 is 0 Å². The van der Waals surface area contributed by atoms with Gasteiger partial charge in [-0.3, -0.25) is 14.9 Å². The summed E-state index contributed by atoms with van der Waals surface area (Å²) in [6.07, 6.45) is 2.90. The number of aryl methyl sites for hydroxylation is 1. The first-order valence-electron chi connectivity index (χ1n) is 7.69. The third-order valence-corrected chi connectivity index (χ3v) is 4.59. The van der Waals surface area contributed by atoms with Crippen LogP contribution in [0.25, 0.3) is 0 Å². The molecule has 0 heterocycles. The first kappa shape index (κ1) is 19.4. The van der Waals surface area contributed by atoms with Gasteiger partial charge in [-0.1, -0.05) is 18.6 Å². The number of amides is 1. The maximum absolute atomic E-state index is 12.4. The molecular formula is C16H24ClN3O3. The number of nitro benzene ring substituents is 1. The molecule has 1 saturated carbocycles. The van der Waals surface area contributed by atoms with Crippen LogP contribution >= 0.6 is 12.4 Å². The standard InChI is InChI=1S/C16H23N3O3.ClH/c1-10-6-7-12(8-15(10)19(21)22)11(2)18-16(20)14-5-3-4-13(14)9-17;/h6-8,11,13-14H,3-5,9,17H2,1-2H3,(H,18,20);1H/t11?,13-,14-;/m1./s1. The van der Waals surface area contributed by atoms with Crippen molar-refractivity contribution in [2.75, 3.05) is 6.54 Å². The molecule has 2 rings (SSSR count). The fraction of sp³-hybridized carbons (Fsp3) is 0.562. The van der Waals surface area contributed by atoms with E-state index in [1.807, 2.05) is 13.0 Å². The molecule has 1 aliphatic carbocycles. The van der Waals surface area contributed by atoms with Gasteiger partial charge in [-0.2, -0.15) is 0 Å². The highest BCUT2D eigenvalue weighted by Gasteiger charge is 2.32. The molecule has 0 radical (unpaired) electrons. The Morgan fingerprint density at radius 2 is 2.17 bits per heavy atom. The van der Waals surface area contributed by atoms with Crippen molar-refractivity contribution < 1.29 is 9.72 Å². The van der Waals surface area contributed by atoms with Gasteiger partial charge < -0.3 is 11.1 Å². The van der Waals surface area contributed by atoms with Crippen LogP contribution in [0, 0.1) is 28.9 Å². The molecule has 1 aromatic carbocycles. The highest BCUT2D eigenvalue weighted by molar-refractivity contribution is 5.85. The first-order valence-corrected chi connectivity index (χ1v) is 7.69. The van der Waals surface area contributed by atoms with Crippen molar-refractivity contribution in [1.29, 1.82) is 0 Å². The highest BCUT2D eigenvalue weighted by atomic mass is 35.5. The zero-order valence-corrected chi connectivity index (χ0v) is 14.3. The fourth-order valence-corrected chi connectivity index (χ4v) is 3.16. The number of nitro groups is 1. The molecular weight excluding hydrogens is 318 g/mol. The molecule has 0 aliphatic heterocycles. The van der Waals surface area contributed by atoms with Crippen molar-refractivity contribution in [3.63, 3.8) is 0 Å². The summed E-state index contributed by atoms with van der Waals surface area (Å²) in [7, 11) is 0. The van der Waals surface area contributed by atoms with E-state index in [-0.39, 0.29) is 41.9 Å². The Balaban J connectivity index is 0.00000264. The van der Waals surface area contributed by atoms with Crippen molar-refractivity contribution in [2.45, 2.75) is 39.2 Å². The van der Waals surface area contributed by atoms with Gasteiger partial charge in [0.25, 0.3) is 5.69 Å². The molecule has 1 aromatic rings. The van der Waals surface area contributed by atoms with E-state index in [1.165, 1.54) is 6.07 Å². The largest absolute Gasteiger partial charge is 0.349 e. The van der Waals surface area contributed by atoms with E-state index in [1.54, 1.807) is 13.0 Å². The third-order valence-electron chi connectivity index (χ3n) is 4.59. The first-order chi connectivity index (χ1) is 10.4. The Morgan fingerprint density at radius 3 is 2.78 bits per heavy atom. The van der Waals surface area contributed by atoms with Crippen LogP contribution in [0.4, 0.5) is 5.69 Å². The molecule has 0 aromatic heterocycles. The molecule has 1 amide bonds. The fourth-order valence-electron chi connectivity index (χ4n) is 3.16.